The number of hydrogen-bond donors (Lipinski definition) is 2. The summed E-state index contributed by atoms with van der Waals surface area (Å²) in [5, 5.41) is 12.6. The summed E-state index contributed by atoms with van der Waals surface area (Å²) >= 11 is 0. The number of benzene rings is 1. The van der Waals surface area contributed by atoms with E-state index < -0.39 is 15.8 Å². The molecule has 7 heteroatoms. The molecule has 0 aromatic heterocycles. The van der Waals surface area contributed by atoms with Crippen molar-refractivity contribution in [3.05, 3.63) is 29.6 Å². The molecule has 1 aromatic carbocycles. The van der Waals surface area contributed by atoms with E-state index in [1.54, 1.807) is 6.07 Å². The number of halogens is 1. The maximum Gasteiger partial charge on any atom is 0.211 e. The summed E-state index contributed by atoms with van der Waals surface area (Å²) in [4.78, 5) is 0. The third-order valence-electron chi connectivity index (χ3n) is 3.88. The van der Waals surface area contributed by atoms with Crippen LogP contribution in [0.3, 0.4) is 0 Å². The maximum atomic E-state index is 13.0. The largest absolute Gasteiger partial charge is 0.505 e. The van der Waals surface area contributed by atoms with Crippen molar-refractivity contribution in [2.75, 3.05) is 19.3 Å². The van der Waals surface area contributed by atoms with Crippen molar-refractivity contribution < 1.29 is 17.9 Å². The zero-order valence-corrected chi connectivity index (χ0v) is 13.0. The topological polar surface area (TPSA) is 69.6 Å². The highest BCUT2D eigenvalue weighted by atomic mass is 32.2. The smallest absolute Gasteiger partial charge is 0.211 e. The van der Waals surface area contributed by atoms with E-state index in [0.717, 1.165) is 18.4 Å². The molecular formula is C14H21FN2O3S. The molecule has 1 aromatic rings. The number of sulfonamides is 1. The molecule has 0 radical (unpaired) electrons. The van der Waals surface area contributed by atoms with Crippen LogP contribution in [-0.2, 0) is 10.0 Å². The van der Waals surface area contributed by atoms with Gasteiger partial charge in [0.05, 0.1) is 6.26 Å². The van der Waals surface area contributed by atoms with E-state index in [4.69, 9.17) is 0 Å². The van der Waals surface area contributed by atoms with Crippen molar-refractivity contribution >= 4 is 10.0 Å². The number of rotatable bonds is 5. The zero-order valence-electron chi connectivity index (χ0n) is 12.2. The Balaban J connectivity index is 1.97. The molecule has 0 spiro atoms. The standard InChI is InChI=1S/C14H21FN2O3S/c1-10(11-5-6-13(15)14(18)8-11)16-9-12-4-3-7-17(12)21(2,19)20/h5-6,8,10,12,16,18H,3-4,7,9H2,1-2H3/t10?,12-/m1/s1. The molecule has 2 atom stereocenters. The predicted octanol–water partition coefficient (Wildman–Crippen LogP) is 1.61. The summed E-state index contributed by atoms with van der Waals surface area (Å²) in [7, 11) is -3.17. The van der Waals surface area contributed by atoms with E-state index in [9.17, 15) is 17.9 Å². The van der Waals surface area contributed by atoms with Gasteiger partial charge in [-0.1, -0.05) is 6.07 Å². The molecular weight excluding hydrogens is 295 g/mol. The summed E-state index contributed by atoms with van der Waals surface area (Å²) in [6.45, 7) is 3.00. The van der Waals surface area contributed by atoms with Crippen LogP contribution in [0.2, 0.25) is 0 Å². The second kappa shape index (κ2) is 6.29. The van der Waals surface area contributed by atoms with Crippen molar-refractivity contribution in [1.82, 2.24) is 9.62 Å². The number of hydrogen-bond acceptors (Lipinski definition) is 4. The third-order valence-corrected chi connectivity index (χ3v) is 5.21. The molecule has 5 nitrogen and oxygen atoms in total. The second-order valence-corrected chi connectivity index (χ2v) is 7.45. The molecule has 0 bridgehead atoms. The van der Waals surface area contributed by atoms with Crippen LogP contribution in [0.15, 0.2) is 18.2 Å². The van der Waals surface area contributed by atoms with Gasteiger partial charge >= 0.3 is 0 Å². The summed E-state index contributed by atoms with van der Waals surface area (Å²) in [6, 6.07) is 4.07. The SMILES string of the molecule is CC(NC[C@H]1CCCN1S(C)(=O)=O)c1ccc(F)c(O)c1. The summed E-state index contributed by atoms with van der Waals surface area (Å²) in [6.07, 6.45) is 2.93. The minimum atomic E-state index is -3.17. The first-order valence-corrected chi connectivity index (χ1v) is 8.82. The first kappa shape index (κ1) is 16.2. The zero-order chi connectivity index (χ0) is 15.6. The van der Waals surface area contributed by atoms with Crippen LogP contribution in [0.5, 0.6) is 5.75 Å². The van der Waals surface area contributed by atoms with Gasteiger partial charge in [-0.3, -0.25) is 0 Å². The molecule has 1 aliphatic heterocycles. The lowest BCUT2D eigenvalue weighted by Gasteiger charge is -2.24. The fourth-order valence-electron chi connectivity index (χ4n) is 2.68. The highest BCUT2D eigenvalue weighted by Crippen LogP contribution is 2.23. The second-order valence-electron chi connectivity index (χ2n) is 5.51. The van der Waals surface area contributed by atoms with E-state index in [1.807, 2.05) is 6.92 Å². The molecule has 2 rings (SSSR count). The highest BCUT2D eigenvalue weighted by Gasteiger charge is 2.31. The van der Waals surface area contributed by atoms with Crippen molar-refractivity contribution in [2.45, 2.75) is 31.8 Å². The van der Waals surface area contributed by atoms with Gasteiger partial charge in [0.2, 0.25) is 10.0 Å². The number of phenols is 1. The van der Waals surface area contributed by atoms with Crippen LogP contribution < -0.4 is 5.32 Å². The van der Waals surface area contributed by atoms with Crippen LogP contribution >= 0.6 is 0 Å². The minimum Gasteiger partial charge on any atom is -0.505 e. The monoisotopic (exact) mass is 316 g/mol. The Labute approximate surface area is 124 Å². The first-order valence-electron chi connectivity index (χ1n) is 6.97. The molecule has 0 amide bonds. The van der Waals surface area contributed by atoms with Gasteiger partial charge in [-0.25, -0.2) is 12.8 Å². The first-order chi connectivity index (χ1) is 9.79. The Kier molecular flexibility index (Phi) is 4.85. The Morgan fingerprint density at radius 1 is 1.52 bits per heavy atom. The average Bonchev–Trinajstić information content (AvgIpc) is 2.87. The van der Waals surface area contributed by atoms with Gasteiger partial charge in [-0.15, -0.1) is 0 Å². The van der Waals surface area contributed by atoms with Gasteiger partial charge in [0.15, 0.2) is 11.6 Å². The van der Waals surface area contributed by atoms with Gasteiger partial charge in [0.25, 0.3) is 0 Å². The number of nitrogens with zero attached hydrogens (tertiary/aromatic N) is 1. The van der Waals surface area contributed by atoms with E-state index in [0.29, 0.717) is 13.1 Å². The Morgan fingerprint density at radius 2 is 2.24 bits per heavy atom. The van der Waals surface area contributed by atoms with Crippen molar-refractivity contribution in [1.29, 1.82) is 0 Å². The molecule has 0 aliphatic carbocycles. The summed E-state index contributed by atoms with van der Waals surface area (Å²) in [5.74, 6) is -1.02. The van der Waals surface area contributed by atoms with Crippen LogP contribution in [-0.4, -0.2) is 43.2 Å². The van der Waals surface area contributed by atoms with Crippen molar-refractivity contribution in [2.24, 2.45) is 0 Å². The Hall–Kier alpha value is -1.18. The molecule has 1 unspecified atom stereocenters. The third kappa shape index (κ3) is 3.93. The molecule has 1 heterocycles. The minimum absolute atomic E-state index is 0.0449. The normalized spacial score (nSPS) is 21.6. The fraction of sp³-hybridized carbons (Fsp3) is 0.571. The van der Waals surface area contributed by atoms with E-state index in [2.05, 4.69) is 5.32 Å². The molecule has 21 heavy (non-hydrogen) atoms. The van der Waals surface area contributed by atoms with E-state index in [1.165, 1.54) is 22.7 Å². The Bertz CT molecular complexity index is 606. The van der Waals surface area contributed by atoms with Crippen LogP contribution in [0.1, 0.15) is 31.4 Å². The summed E-state index contributed by atoms with van der Waals surface area (Å²) < 4.78 is 37.9. The molecule has 1 saturated heterocycles. The van der Waals surface area contributed by atoms with Gasteiger partial charge in [0, 0.05) is 25.2 Å². The Morgan fingerprint density at radius 3 is 2.86 bits per heavy atom. The van der Waals surface area contributed by atoms with E-state index in [-0.39, 0.29) is 17.8 Å². The lowest BCUT2D eigenvalue weighted by molar-refractivity contribution is 0.362. The van der Waals surface area contributed by atoms with Crippen molar-refractivity contribution in [3.8, 4) is 5.75 Å². The average molecular weight is 316 g/mol. The predicted molar refractivity (Wildman–Crippen MR) is 79.1 cm³/mol. The van der Waals surface area contributed by atoms with Gasteiger partial charge in [0.1, 0.15) is 0 Å². The number of phenolic OH excluding ortho intramolecular Hbond substituents is 1. The van der Waals surface area contributed by atoms with Crippen LogP contribution in [0.25, 0.3) is 0 Å². The van der Waals surface area contributed by atoms with Gasteiger partial charge < -0.3 is 10.4 Å². The van der Waals surface area contributed by atoms with Crippen LogP contribution in [0, 0.1) is 5.82 Å². The number of nitrogens with one attached hydrogen (secondary N) is 1. The molecule has 2 N–H and O–H groups in total. The van der Waals surface area contributed by atoms with E-state index >= 15 is 0 Å². The quantitative estimate of drug-likeness (QED) is 0.866. The lowest BCUT2D eigenvalue weighted by atomic mass is 10.1. The lowest BCUT2D eigenvalue weighted by Crippen LogP contribution is -2.41. The summed E-state index contributed by atoms with van der Waals surface area (Å²) in [5.41, 5.74) is 0.762. The van der Waals surface area contributed by atoms with Gasteiger partial charge in [-0.05, 0) is 37.5 Å². The van der Waals surface area contributed by atoms with Crippen LogP contribution in [0.4, 0.5) is 4.39 Å². The molecule has 118 valence electrons. The van der Waals surface area contributed by atoms with Crippen molar-refractivity contribution in [3.63, 3.8) is 0 Å². The molecule has 1 fully saturated rings. The molecule has 1 aliphatic rings. The van der Waals surface area contributed by atoms with Gasteiger partial charge in [-0.2, -0.15) is 4.31 Å². The number of aromatic hydroxyl groups is 1. The molecule has 0 saturated carbocycles. The maximum absolute atomic E-state index is 13.0. The fourth-order valence-corrected chi connectivity index (χ4v) is 3.86. The highest BCUT2D eigenvalue weighted by molar-refractivity contribution is 7.88.